The van der Waals surface area contributed by atoms with Crippen LogP contribution in [0.1, 0.15) is 30.0 Å². The van der Waals surface area contributed by atoms with Gasteiger partial charge in [0.15, 0.2) is 0 Å². The predicted molar refractivity (Wildman–Crippen MR) is 118 cm³/mol. The second-order valence-corrected chi connectivity index (χ2v) is 7.73. The van der Waals surface area contributed by atoms with Gasteiger partial charge in [-0.25, -0.2) is 9.48 Å². The molecule has 3 aromatic rings. The third kappa shape index (κ3) is 4.80. The van der Waals surface area contributed by atoms with Gasteiger partial charge in [-0.05, 0) is 49.1 Å². The Bertz CT molecular complexity index is 991. The summed E-state index contributed by atoms with van der Waals surface area (Å²) in [5.41, 5.74) is 3.01. The number of carbonyl (C=O) groups is 1. The van der Waals surface area contributed by atoms with Crippen molar-refractivity contribution >= 4 is 17.5 Å². The first-order valence-corrected chi connectivity index (χ1v) is 10.3. The van der Waals surface area contributed by atoms with E-state index in [0.717, 1.165) is 43.7 Å². The Labute approximate surface area is 176 Å². The zero-order valence-electron chi connectivity index (χ0n) is 17.1. The molecule has 1 aliphatic heterocycles. The minimum absolute atomic E-state index is 0.254. The first-order chi connectivity index (χ1) is 14.6. The van der Waals surface area contributed by atoms with Crippen molar-refractivity contribution in [3.05, 3.63) is 71.9 Å². The SMILES string of the molecule is Cc1ccccc1NC(=O)Nc1ccnn1C1CCN(Cc2ccc(O)cc2)CC1. The summed E-state index contributed by atoms with van der Waals surface area (Å²) < 4.78 is 1.93. The van der Waals surface area contributed by atoms with Crippen LogP contribution < -0.4 is 10.6 Å². The van der Waals surface area contributed by atoms with E-state index < -0.39 is 0 Å². The molecule has 0 atom stereocenters. The van der Waals surface area contributed by atoms with Gasteiger partial charge in [0.05, 0.1) is 12.2 Å². The van der Waals surface area contributed by atoms with Crippen LogP contribution in [0.25, 0.3) is 0 Å². The number of phenolic OH excluding ortho intramolecular Hbond substituents is 1. The molecule has 2 heterocycles. The maximum Gasteiger partial charge on any atom is 0.324 e. The molecule has 3 N–H and O–H groups in total. The highest BCUT2D eigenvalue weighted by atomic mass is 16.3. The molecule has 156 valence electrons. The summed E-state index contributed by atoms with van der Waals surface area (Å²) in [4.78, 5) is 14.9. The van der Waals surface area contributed by atoms with Crippen LogP contribution in [0.5, 0.6) is 5.75 Å². The number of aromatic nitrogens is 2. The van der Waals surface area contributed by atoms with Gasteiger partial charge >= 0.3 is 6.03 Å². The van der Waals surface area contributed by atoms with Crippen molar-refractivity contribution in [1.29, 1.82) is 0 Å². The number of hydrogen-bond donors (Lipinski definition) is 3. The lowest BCUT2D eigenvalue weighted by molar-refractivity contribution is 0.174. The van der Waals surface area contributed by atoms with E-state index in [1.54, 1.807) is 18.3 Å². The molecule has 1 saturated heterocycles. The van der Waals surface area contributed by atoms with Crippen LogP contribution >= 0.6 is 0 Å². The fourth-order valence-electron chi connectivity index (χ4n) is 3.87. The summed E-state index contributed by atoms with van der Waals surface area (Å²) in [5, 5.41) is 19.7. The van der Waals surface area contributed by atoms with Crippen LogP contribution in [0, 0.1) is 6.92 Å². The van der Waals surface area contributed by atoms with Gasteiger partial charge in [-0.2, -0.15) is 5.10 Å². The molecule has 1 aliphatic rings. The molecule has 0 saturated carbocycles. The van der Waals surface area contributed by atoms with Gasteiger partial charge in [-0.15, -0.1) is 0 Å². The van der Waals surface area contributed by atoms with Gasteiger partial charge in [0, 0.05) is 31.4 Å². The Hall–Kier alpha value is -3.32. The highest BCUT2D eigenvalue weighted by Crippen LogP contribution is 2.26. The molecular weight excluding hydrogens is 378 g/mol. The van der Waals surface area contributed by atoms with Crippen LogP contribution in [0.2, 0.25) is 0 Å². The Kier molecular flexibility index (Phi) is 5.99. The van der Waals surface area contributed by atoms with E-state index in [1.807, 2.05) is 54.1 Å². The number of hydrogen-bond acceptors (Lipinski definition) is 4. The number of benzene rings is 2. The van der Waals surface area contributed by atoms with Gasteiger partial charge in [0.25, 0.3) is 0 Å². The number of nitrogens with zero attached hydrogens (tertiary/aromatic N) is 3. The summed E-state index contributed by atoms with van der Waals surface area (Å²) in [6.45, 7) is 4.75. The molecular formula is C23H27N5O2. The number of piperidine rings is 1. The van der Waals surface area contributed by atoms with E-state index in [-0.39, 0.29) is 12.1 Å². The standard InChI is InChI=1S/C23H27N5O2/c1-17-4-2-3-5-21(17)25-23(30)26-22-10-13-24-28(22)19-11-14-27(15-12-19)16-18-6-8-20(29)9-7-18/h2-10,13,19,29H,11-12,14-16H2,1H3,(H2,25,26,30). The van der Waals surface area contributed by atoms with E-state index in [1.165, 1.54) is 5.56 Å². The Morgan fingerprint density at radius 3 is 2.53 bits per heavy atom. The van der Waals surface area contributed by atoms with Gasteiger partial charge in [0.2, 0.25) is 0 Å². The van der Waals surface area contributed by atoms with E-state index in [0.29, 0.717) is 11.6 Å². The van der Waals surface area contributed by atoms with Gasteiger partial charge in [-0.3, -0.25) is 10.2 Å². The Balaban J connectivity index is 1.33. The van der Waals surface area contributed by atoms with Crippen molar-refractivity contribution in [2.75, 3.05) is 23.7 Å². The van der Waals surface area contributed by atoms with E-state index in [9.17, 15) is 9.90 Å². The molecule has 1 aromatic heterocycles. The van der Waals surface area contributed by atoms with E-state index >= 15 is 0 Å². The number of nitrogens with one attached hydrogen (secondary N) is 2. The van der Waals surface area contributed by atoms with Crippen LogP contribution in [0.15, 0.2) is 60.8 Å². The molecule has 4 rings (SSSR count). The lowest BCUT2D eigenvalue weighted by atomic mass is 10.0. The minimum atomic E-state index is -0.268. The van der Waals surface area contributed by atoms with Crippen LogP contribution in [0.3, 0.4) is 0 Å². The fraction of sp³-hybridized carbons (Fsp3) is 0.304. The van der Waals surface area contributed by atoms with Crippen molar-refractivity contribution in [2.24, 2.45) is 0 Å². The summed E-state index contributed by atoms with van der Waals surface area (Å²) >= 11 is 0. The van der Waals surface area contributed by atoms with E-state index in [4.69, 9.17) is 0 Å². The molecule has 0 radical (unpaired) electrons. The zero-order valence-corrected chi connectivity index (χ0v) is 17.1. The maximum absolute atomic E-state index is 12.5. The second kappa shape index (κ2) is 9.00. The third-order valence-electron chi connectivity index (χ3n) is 5.55. The lowest BCUT2D eigenvalue weighted by Crippen LogP contribution is -2.35. The number of para-hydroxylation sites is 1. The van der Waals surface area contributed by atoms with Gasteiger partial charge in [-0.1, -0.05) is 30.3 Å². The van der Waals surface area contributed by atoms with Crippen LogP contribution in [0.4, 0.5) is 16.3 Å². The molecule has 7 nitrogen and oxygen atoms in total. The number of aromatic hydroxyl groups is 1. The number of rotatable bonds is 5. The Morgan fingerprint density at radius 1 is 1.07 bits per heavy atom. The van der Waals surface area contributed by atoms with Gasteiger partial charge in [0.1, 0.15) is 11.6 Å². The quantitative estimate of drug-likeness (QED) is 0.588. The Morgan fingerprint density at radius 2 is 1.80 bits per heavy atom. The number of phenols is 1. The molecule has 0 bridgehead atoms. The number of anilines is 2. The third-order valence-corrected chi connectivity index (χ3v) is 5.55. The van der Waals surface area contributed by atoms with Crippen molar-refractivity contribution in [2.45, 2.75) is 32.4 Å². The molecule has 0 aliphatic carbocycles. The minimum Gasteiger partial charge on any atom is -0.508 e. The molecule has 1 fully saturated rings. The summed E-state index contributed by atoms with van der Waals surface area (Å²) in [7, 11) is 0. The van der Waals surface area contributed by atoms with Crippen molar-refractivity contribution in [3.63, 3.8) is 0 Å². The van der Waals surface area contributed by atoms with Crippen molar-refractivity contribution in [1.82, 2.24) is 14.7 Å². The number of aryl methyl sites for hydroxylation is 1. The topological polar surface area (TPSA) is 82.4 Å². The smallest absolute Gasteiger partial charge is 0.324 e. The molecule has 7 heteroatoms. The molecule has 0 unspecified atom stereocenters. The fourth-order valence-corrected chi connectivity index (χ4v) is 3.87. The lowest BCUT2D eigenvalue weighted by Gasteiger charge is -2.32. The number of carbonyl (C=O) groups excluding carboxylic acids is 1. The van der Waals surface area contributed by atoms with Crippen LogP contribution in [-0.4, -0.2) is 38.9 Å². The molecule has 2 aromatic carbocycles. The summed E-state index contributed by atoms with van der Waals surface area (Å²) in [5.74, 6) is 1.00. The maximum atomic E-state index is 12.5. The first-order valence-electron chi connectivity index (χ1n) is 10.3. The van der Waals surface area contributed by atoms with Gasteiger partial charge < -0.3 is 10.4 Å². The summed E-state index contributed by atoms with van der Waals surface area (Å²) in [6.07, 6.45) is 3.66. The first kappa shape index (κ1) is 20.0. The largest absolute Gasteiger partial charge is 0.508 e. The summed E-state index contributed by atoms with van der Waals surface area (Å²) in [6, 6.07) is 16.9. The average Bonchev–Trinajstić information content (AvgIpc) is 3.20. The average molecular weight is 406 g/mol. The number of likely N-dealkylation sites (tertiary alicyclic amines) is 1. The molecule has 2 amide bonds. The number of urea groups is 1. The second-order valence-electron chi connectivity index (χ2n) is 7.73. The highest BCUT2D eigenvalue weighted by molar-refractivity contribution is 5.99. The normalized spacial score (nSPS) is 15.1. The van der Waals surface area contributed by atoms with Crippen molar-refractivity contribution in [3.8, 4) is 5.75 Å². The van der Waals surface area contributed by atoms with Crippen molar-refractivity contribution < 1.29 is 9.90 Å². The van der Waals surface area contributed by atoms with Crippen LogP contribution in [-0.2, 0) is 6.54 Å². The highest BCUT2D eigenvalue weighted by Gasteiger charge is 2.23. The molecule has 0 spiro atoms. The predicted octanol–water partition coefficient (Wildman–Crippen LogP) is 4.38. The monoisotopic (exact) mass is 405 g/mol. The van der Waals surface area contributed by atoms with E-state index in [2.05, 4.69) is 20.6 Å². The molecule has 30 heavy (non-hydrogen) atoms. The zero-order chi connectivity index (χ0) is 20.9. The number of amides is 2.